The minimum absolute atomic E-state index is 0.0645. The molecule has 1 heterocycles. The van der Waals surface area contributed by atoms with Crippen molar-refractivity contribution in [3.8, 4) is 0 Å². The molecule has 1 atom stereocenters. The summed E-state index contributed by atoms with van der Waals surface area (Å²) < 4.78 is 13.3. The molecule has 0 saturated carbocycles. The van der Waals surface area contributed by atoms with Crippen LogP contribution in [0.25, 0.3) is 0 Å². The fraction of sp³-hybridized carbons (Fsp3) is 0.333. The highest BCUT2D eigenvalue weighted by molar-refractivity contribution is 6.30. The smallest absolute Gasteiger partial charge is 0.238 e. The van der Waals surface area contributed by atoms with Crippen LogP contribution in [-0.2, 0) is 4.79 Å². The lowest BCUT2D eigenvalue weighted by Gasteiger charge is -2.25. The van der Waals surface area contributed by atoms with Gasteiger partial charge < -0.3 is 11.1 Å². The first-order valence-electron chi connectivity index (χ1n) is 5.39. The number of rotatable bonds is 3. The molecule has 5 heteroatoms. The number of carbonyl (C=O) groups is 1. The normalized spacial score (nSPS) is 23.9. The van der Waals surface area contributed by atoms with E-state index < -0.39 is 17.3 Å². The molecule has 0 bridgehead atoms. The van der Waals surface area contributed by atoms with Gasteiger partial charge in [-0.15, -0.1) is 0 Å². The third-order valence-corrected chi connectivity index (χ3v) is 3.29. The second-order valence-corrected chi connectivity index (χ2v) is 4.59. The zero-order valence-electron chi connectivity index (χ0n) is 9.17. The summed E-state index contributed by atoms with van der Waals surface area (Å²) in [6, 6.07) is 4.43. The number of benzene rings is 1. The maximum atomic E-state index is 13.3. The second-order valence-electron chi connectivity index (χ2n) is 4.18. The molecule has 0 aliphatic carbocycles. The molecular weight excluding hydrogens is 243 g/mol. The fourth-order valence-electron chi connectivity index (χ4n) is 2.06. The summed E-state index contributed by atoms with van der Waals surface area (Å²) in [4.78, 5) is 11.5. The third kappa shape index (κ3) is 2.42. The summed E-state index contributed by atoms with van der Waals surface area (Å²) in [5, 5.41) is 3.13. The zero-order valence-corrected chi connectivity index (χ0v) is 9.93. The highest BCUT2D eigenvalue weighted by atomic mass is 35.5. The Morgan fingerprint density at radius 2 is 2.35 bits per heavy atom. The van der Waals surface area contributed by atoms with Crippen LogP contribution in [0.15, 0.2) is 18.2 Å². The minimum Gasteiger partial charge on any atom is -0.368 e. The van der Waals surface area contributed by atoms with Gasteiger partial charge in [-0.2, -0.15) is 0 Å². The Balaban J connectivity index is 2.23. The van der Waals surface area contributed by atoms with E-state index in [1.54, 1.807) is 12.5 Å². The molecule has 0 spiro atoms. The maximum absolute atomic E-state index is 13.3. The highest BCUT2D eigenvalue weighted by Gasteiger charge is 2.39. The first kappa shape index (κ1) is 12.3. The van der Waals surface area contributed by atoms with Crippen molar-refractivity contribution in [3.05, 3.63) is 41.0 Å². The van der Waals surface area contributed by atoms with E-state index >= 15 is 0 Å². The number of halogens is 2. The fourth-order valence-corrected chi connectivity index (χ4v) is 2.18. The Bertz CT molecular complexity index is 444. The van der Waals surface area contributed by atoms with Crippen molar-refractivity contribution >= 4 is 17.5 Å². The number of nitrogens with two attached hydrogens (primary N) is 1. The molecule has 3 nitrogen and oxygen atoms in total. The summed E-state index contributed by atoms with van der Waals surface area (Å²) in [5.41, 5.74) is 5.13. The zero-order chi connectivity index (χ0) is 12.5. The van der Waals surface area contributed by atoms with E-state index in [0.717, 1.165) is 13.0 Å². The Morgan fingerprint density at radius 3 is 2.88 bits per heavy atom. The summed E-state index contributed by atoms with van der Waals surface area (Å²) in [6.07, 6.45) is 3.17. The van der Waals surface area contributed by atoms with Gasteiger partial charge in [0.2, 0.25) is 5.91 Å². The number of carbonyl (C=O) groups excluding carboxylic acids is 1. The predicted octanol–water partition coefficient (Wildman–Crippen LogP) is 1.64. The van der Waals surface area contributed by atoms with Crippen LogP contribution >= 0.6 is 11.6 Å². The molecule has 1 saturated heterocycles. The molecule has 0 unspecified atom stereocenters. The minimum atomic E-state index is -0.861. The molecule has 1 aliphatic rings. The van der Waals surface area contributed by atoms with E-state index in [0.29, 0.717) is 12.0 Å². The molecular formula is C12H13ClFN2O. The van der Waals surface area contributed by atoms with Crippen molar-refractivity contribution in [2.75, 3.05) is 6.54 Å². The molecule has 2 rings (SSSR count). The van der Waals surface area contributed by atoms with E-state index in [4.69, 9.17) is 17.3 Å². The van der Waals surface area contributed by atoms with Crippen molar-refractivity contribution < 1.29 is 9.18 Å². The first-order valence-corrected chi connectivity index (χ1v) is 5.77. The van der Waals surface area contributed by atoms with E-state index in [-0.39, 0.29) is 5.02 Å². The average molecular weight is 256 g/mol. The number of hydrogen-bond acceptors (Lipinski definition) is 2. The summed E-state index contributed by atoms with van der Waals surface area (Å²) in [7, 11) is 0. The summed E-state index contributed by atoms with van der Waals surface area (Å²) in [6.45, 7) is 0.732. The number of primary amides is 1. The van der Waals surface area contributed by atoms with Crippen LogP contribution in [0, 0.1) is 12.2 Å². The van der Waals surface area contributed by atoms with E-state index in [1.807, 2.05) is 0 Å². The lowest BCUT2D eigenvalue weighted by molar-refractivity contribution is -0.122. The van der Waals surface area contributed by atoms with Gasteiger partial charge in [-0.25, -0.2) is 4.39 Å². The standard InChI is InChI=1S/C12H13ClFN2O/c13-9-3-2-8(6-10(9)14)7-12(11(15)17)4-1-5-16-12/h2-3,6-7,16H,1,4-5H2,(H2,15,17)/t12-/m1/s1. The van der Waals surface area contributed by atoms with Crippen molar-refractivity contribution in [1.82, 2.24) is 5.32 Å². The molecule has 17 heavy (non-hydrogen) atoms. The molecule has 1 aliphatic heterocycles. The van der Waals surface area contributed by atoms with E-state index in [9.17, 15) is 9.18 Å². The van der Waals surface area contributed by atoms with Crippen molar-refractivity contribution in [2.24, 2.45) is 5.73 Å². The molecule has 0 aromatic heterocycles. The second kappa shape index (κ2) is 4.63. The van der Waals surface area contributed by atoms with Gasteiger partial charge in [-0.05, 0) is 37.1 Å². The lowest BCUT2D eigenvalue weighted by Crippen LogP contribution is -2.52. The number of nitrogens with one attached hydrogen (secondary N) is 1. The highest BCUT2D eigenvalue weighted by Crippen LogP contribution is 2.27. The Kier molecular flexibility index (Phi) is 3.35. The lowest BCUT2D eigenvalue weighted by atomic mass is 9.88. The summed E-state index contributed by atoms with van der Waals surface area (Å²) >= 11 is 5.60. The van der Waals surface area contributed by atoms with Gasteiger partial charge in [-0.3, -0.25) is 4.79 Å². The maximum Gasteiger partial charge on any atom is 0.238 e. The molecule has 1 radical (unpaired) electrons. The van der Waals surface area contributed by atoms with Gasteiger partial charge in [0.1, 0.15) is 11.4 Å². The van der Waals surface area contributed by atoms with Gasteiger partial charge in [0.05, 0.1) is 5.02 Å². The predicted molar refractivity (Wildman–Crippen MR) is 64.0 cm³/mol. The van der Waals surface area contributed by atoms with Crippen LogP contribution < -0.4 is 11.1 Å². The number of hydrogen-bond donors (Lipinski definition) is 2. The Hall–Kier alpha value is -1.13. The third-order valence-electron chi connectivity index (χ3n) is 2.98. The molecule has 1 aromatic rings. The molecule has 1 amide bonds. The number of amides is 1. The van der Waals surface area contributed by atoms with Crippen molar-refractivity contribution in [1.29, 1.82) is 0 Å². The van der Waals surface area contributed by atoms with Crippen LogP contribution in [0.3, 0.4) is 0 Å². The van der Waals surface area contributed by atoms with E-state index in [1.165, 1.54) is 12.1 Å². The quantitative estimate of drug-likeness (QED) is 0.863. The van der Waals surface area contributed by atoms with Gasteiger partial charge >= 0.3 is 0 Å². The van der Waals surface area contributed by atoms with Gasteiger partial charge in [0, 0.05) is 6.42 Å². The summed E-state index contributed by atoms with van der Waals surface area (Å²) in [5.74, 6) is -0.941. The monoisotopic (exact) mass is 255 g/mol. The average Bonchev–Trinajstić information content (AvgIpc) is 2.73. The largest absolute Gasteiger partial charge is 0.368 e. The Labute approximate surface area is 104 Å². The van der Waals surface area contributed by atoms with Gasteiger partial charge in [0.25, 0.3) is 0 Å². The Morgan fingerprint density at radius 1 is 1.59 bits per heavy atom. The van der Waals surface area contributed by atoms with Crippen LogP contribution in [-0.4, -0.2) is 18.0 Å². The van der Waals surface area contributed by atoms with Crippen LogP contribution in [0.4, 0.5) is 4.39 Å². The van der Waals surface area contributed by atoms with Crippen LogP contribution in [0.2, 0.25) is 5.02 Å². The topological polar surface area (TPSA) is 55.1 Å². The molecule has 91 valence electrons. The van der Waals surface area contributed by atoms with Crippen LogP contribution in [0.5, 0.6) is 0 Å². The SMILES string of the molecule is NC(=O)[C@]1([CH]c2ccc(Cl)c(F)c2)CCCN1. The van der Waals surface area contributed by atoms with Crippen molar-refractivity contribution in [3.63, 3.8) is 0 Å². The molecule has 3 N–H and O–H groups in total. The molecule has 1 aromatic carbocycles. The first-order chi connectivity index (χ1) is 8.03. The van der Waals surface area contributed by atoms with Crippen molar-refractivity contribution in [2.45, 2.75) is 18.4 Å². The van der Waals surface area contributed by atoms with Gasteiger partial charge in [0.15, 0.2) is 0 Å². The van der Waals surface area contributed by atoms with Gasteiger partial charge in [-0.1, -0.05) is 17.7 Å². The molecule has 1 fully saturated rings. The van der Waals surface area contributed by atoms with E-state index in [2.05, 4.69) is 5.32 Å². The van der Waals surface area contributed by atoms with Crippen LogP contribution in [0.1, 0.15) is 18.4 Å².